The molecule has 1 aliphatic carbocycles. The number of ether oxygens (including phenoxy) is 2. The molecule has 10 heteroatoms. The van der Waals surface area contributed by atoms with Gasteiger partial charge in [-0.1, -0.05) is 44.6 Å². The molecule has 9 nitrogen and oxygen atoms in total. The Labute approximate surface area is 255 Å². The van der Waals surface area contributed by atoms with Crippen LogP contribution in [0.2, 0.25) is 0 Å². The Morgan fingerprint density at radius 1 is 1.07 bits per heavy atom. The number of methoxy groups -OCH3 is 1. The van der Waals surface area contributed by atoms with E-state index in [2.05, 4.69) is 26.2 Å². The number of nitrogens with zero attached hydrogens (tertiary/aromatic N) is 1. The van der Waals surface area contributed by atoms with Gasteiger partial charge in [0, 0.05) is 54.6 Å². The number of hydrogen-bond donors (Lipinski definition) is 5. The third-order valence-corrected chi connectivity index (χ3v) is 9.36. The predicted octanol–water partition coefficient (Wildman–Crippen LogP) is 4.03. The van der Waals surface area contributed by atoms with Gasteiger partial charge in [-0.15, -0.1) is 0 Å². The summed E-state index contributed by atoms with van der Waals surface area (Å²) in [6.07, 6.45) is 9.52. The van der Waals surface area contributed by atoms with Gasteiger partial charge in [0.15, 0.2) is 0 Å². The quantitative estimate of drug-likeness (QED) is 0.262. The van der Waals surface area contributed by atoms with Crippen LogP contribution >= 0.6 is 0 Å². The molecule has 2 aromatic rings. The van der Waals surface area contributed by atoms with E-state index >= 15 is 4.39 Å². The average molecular weight is 597 g/mol. The van der Waals surface area contributed by atoms with Gasteiger partial charge < -0.3 is 25.8 Å². The molecule has 2 aromatic carbocycles. The fraction of sp³-hybridized carbons (Fsp3) is 0.606. The molecule has 1 saturated carbocycles. The summed E-state index contributed by atoms with van der Waals surface area (Å²) in [6, 6.07) is 11.0. The summed E-state index contributed by atoms with van der Waals surface area (Å²) in [5.41, 5.74) is 8.57. The van der Waals surface area contributed by atoms with E-state index in [4.69, 9.17) is 15.2 Å². The molecule has 5 rings (SSSR count). The van der Waals surface area contributed by atoms with E-state index < -0.39 is 0 Å². The van der Waals surface area contributed by atoms with Crippen molar-refractivity contribution in [2.75, 3.05) is 51.8 Å². The minimum atomic E-state index is -0.219. The molecule has 2 heterocycles. The van der Waals surface area contributed by atoms with Crippen LogP contribution in [0.25, 0.3) is 0 Å². The van der Waals surface area contributed by atoms with E-state index in [0.717, 1.165) is 36.2 Å². The molecular weight excluding hydrogens is 547 g/mol. The molecule has 3 atom stereocenters. The van der Waals surface area contributed by atoms with Crippen molar-refractivity contribution in [3.8, 4) is 5.75 Å². The molecule has 0 radical (unpaired) electrons. The highest BCUT2D eigenvalue weighted by Gasteiger charge is 2.53. The van der Waals surface area contributed by atoms with Crippen molar-refractivity contribution in [1.29, 1.82) is 0 Å². The minimum absolute atomic E-state index is 0.0298. The fourth-order valence-corrected chi connectivity index (χ4v) is 7.21. The Morgan fingerprint density at radius 2 is 1.84 bits per heavy atom. The van der Waals surface area contributed by atoms with Crippen molar-refractivity contribution < 1.29 is 18.7 Å². The van der Waals surface area contributed by atoms with Crippen LogP contribution in [0.4, 0.5) is 10.1 Å². The topological polar surface area (TPSA) is 113 Å². The van der Waals surface area contributed by atoms with Crippen molar-refractivity contribution in [1.82, 2.24) is 20.9 Å². The summed E-state index contributed by atoms with van der Waals surface area (Å²) in [5.74, 6) is 0.197. The van der Waals surface area contributed by atoms with Crippen LogP contribution < -0.4 is 31.7 Å². The van der Waals surface area contributed by atoms with E-state index in [1.807, 2.05) is 37.3 Å². The number of benzene rings is 2. The van der Waals surface area contributed by atoms with E-state index in [1.54, 1.807) is 7.11 Å². The zero-order valence-corrected chi connectivity index (χ0v) is 25.7. The molecule has 0 bridgehead atoms. The van der Waals surface area contributed by atoms with Gasteiger partial charge in [0.05, 0.1) is 32.5 Å². The van der Waals surface area contributed by atoms with Crippen LogP contribution in [-0.4, -0.2) is 75.2 Å². The summed E-state index contributed by atoms with van der Waals surface area (Å²) >= 11 is 0. The number of hydrogen-bond acceptors (Lipinski definition) is 8. The summed E-state index contributed by atoms with van der Waals surface area (Å²) < 4.78 is 26.2. The fourth-order valence-electron chi connectivity index (χ4n) is 7.21. The van der Waals surface area contributed by atoms with Gasteiger partial charge in [0.2, 0.25) is 0 Å². The first-order valence-electron chi connectivity index (χ1n) is 16.0. The summed E-state index contributed by atoms with van der Waals surface area (Å²) in [7, 11) is 1.57. The maximum absolute atomic E-state index is 15.5. The molecule has 2 aliphatic heterocycles. The summed E-state index contributed by atoms with van der Waals surface area (Å²) in [4.78, 5) is 15.4. The van der Waals surface area contributed by atoms with Crippen LogP contribution in [0.5, 0.6) is 5.75 Å². The smallest absolute Gasteiger partial charge is 0.251 e. The standard InChI is InChI=1S/C33H49FN6O3/c1-23-19-24(9-11-26(23)32(41)36-16-18-43-17-15-35)39-30-31-37-21-29(27-12-10-25(42-2)20-28(27)34)40(31)33(22-38-30)13-7-5-3-4-6-8-14-33/h9-12,19-20,29-31,37-39H,3-8,13-18,21-22,35H2,1-2H3,(H,36,41). The SMILES string of the molecule is COc1ccc(C2CNC3C(Nc4ccc(C(=O)NCCOCCN)c(C)c4)NCC4(CCCCCCCC4)N23)c(F)c1. The van der Waals surface area contributed by atoms with Gasteiger partial charge in [-0.2, -0.15) is 0 Å². The third-order valence-electron chi connectivity index (χ3n) is 9.36. The summed E-state index contributed by atoms with van der Waals surface area (Å²) in [6.45, 7) is 5.27. The van der Waals surface area contributed by atoms with Crippen molar-refractivity contribution in [2.24, 2.45) is 5.73 Å². The van der Waals surface area contributed by atoms with Crippen LogP contribution in [0.3, 0.4) is 0 Å². The number of fused-ring (bicyclic) bond motifs is 2. The Hall–Kier alpha value is -2.76. The minimum Gasteiger partial charge on any atom is -0.497 e. The van der Waals surface area contributed by atoms with Gasteiger partial charge in [0.25, 0.3) is 5.91 Å². The highest BCUT2D eigenvalue weighted by atomic mass is 19.1. The zero-order valence-electron chi connectivity index (χ0n) is 25.7. The van der Waals surface area contributed by atoms with Crippen LogP contribution in [0.15, 0.2) is 36.4 Å². The van der Waals surface area contributed by atoms with Crippen LogP contribution in [0, 0.1) is 12.7 Å². The number of halogens is 1. The molecule has 1 amide bonds. The van der Waals surface area contributed by atoms with Crippen molar-refractivity contribution in [3.63, 3.8) is 0 Å². The van der Waals surface area contributed by atoms with Crippen molar-refractivity contribution >= 4 is 11.6 Å². The molecule has 3 fully saturated rings. The van der Waals surface area contributed by atoms with Gasteiger partial charge in [-0.05, 0) is 49.6 Å². The average Bonchev–Trinajstić information content (AvgIpc) is 3.49. The lowest BCUT2D eigenvalue weighted by molar-refractivity contribution is -0.0261. The van der Waals surface area contributed by atoms with E-state index in [9.17, 15) is 4.79 Å². The number of piperazine rings is 1. The Bertz CT molecular complexity index is 1220. The van der Waals surface area contributed by atoms with Crippen molar-refractivity contribution in [3.05, 3.63) is 58.9 Å². The van der Waals surface area contributed by atoms with E-state index in [-0.39, 0.29) is 35.6 Å². The second-order valence-corrected chi connectivity index (χ2v) is 12.2. The Balaban J connectivity index is 1.35. The predicted molar refractivity (Wildman–Crippen MR) is 168 cm³/mol. The van der Waals surface area contributed by atoms with Gasteiger partial charge >= 0.3 is 0 Å². The Morgan fingerprint density at radius 3 is 2.53 bits per heavy atom. The first kappa shape index (κ1) is 31.7. The third kappa shape index (κ3) is 7.32. The first-order chi connectivity index (χ1) is 21.0. The number of amides is 1. The molecular formula is C33H49FN6O3. The molecule has 1 spiro atoms. The maximum atomic E-state index is 15.5. The van der Waals surface area contributed by atoms with Gasteiger partial charge in [-0.25, -0.2) is 4.39 Å². The lowest BCUT2D eigenvalue weighted by Gasteiger charge is -2.54. The largest absolute Gasteiger partial charge is 0.497 e. The van der Waals surface area contributed by atoms with Crippen LogP contribution in [-0.2, 0) is 4.74 Å². The molecule has 43 heavy (non-hydrogen) atoms. The second-order valence-electron chi connectivity index (χ2n) is 12.2. The molecule has 2 saturated heterocycles. The number of anilines is 1. The second kappa shape index (κ2) is 14.8. The van der Waals surface area contributed by atoms with E-state index in [0.29, 0.717) is 44.2 Å². The van der Waals surface area contributed by atoms with Gasteiger partial charge in [0.1, 0.15) is 17.7 Å². The monoisotopic (exact) mass is 596 g/mol. The number of carbonyl (C=O) groups is 1. The molecule has 3 aliphatic rings. The lowest BCUT2D eigenvalue weighted by atomic mass is 9.81. The number of aryl methyl sites for hydroxylation is 1. The summed E-state index contributed by atoms with van der Waals surface area (Å²) in [5, 5.41) is 14.2. The first-order valence-corrected chi connectivity index (χ1v) is 16.0. The number of nitrogens with two attached hydrogens (primary N) is 1. The van der Waals surface area contributed by atoms with Crippen LogP contribution in [0.1, 0.15) is 78.9 Å². The highest BCUT2D eigenvalue weighted by molar-refractivity contribution is 5.96. The van der Waals surface area contributed by atoms with Gasteiger partial charge in [-0.3, -0.25) is 20.3 Å². The number of carbonyl (C=O) groups excluding carboxylic acids is 1. The van der Waals surface area contributed by atoms with E-state index in [1.165, 1.54) is 44.6 Å². The maximum Gasteiger partial charge on any atom is 0.251 e. The Kier molecular flexibility index (Phi) is 10.9. The lowest BCUT2D eigenvalue weighted by Crippen LogP contribution is -2.71. The molecule has 3 unspecified atom stereocenters. The highest BCUT2D eigenvalue weighted by Crippen LogP contribution is 2.44. The van der Waals surface area contributed by atoms with Crippen molar-refractivity contribution in [2.45, 2.75) is 82.2 Å². The molecule has 0 aromatic heterocycles. The number of rotatable bonds is 10. The zero-order chi connectivity index (χ0) is 30.2. The molecule has 236 valence electrons. The molecule has 6 N–H and O–H groups in total. The normalized spacial score (nSPS) is 24.0. The number of nitrogens with one attached hydrogen (secondary N) is 4.